The number of fused-ring (bicyclic) bond motifs is 1. The standard InChI is InChI=1S/C19H19F3N2O3/c1-12(13-5-7-15(8-6-13)27-19(20,21)22)23-17(25)11-24-10-9-14-3-2-4-16(14)18(24)26/h5-10,12H,2-4,11H2,1H3,(H,23,25)/t12-/m0/s1. The van der Waals surface area contributed by atoms with Gasteiger partial charge >= 0.3 is 6.36 Å². The summed E-state index contributed by atoms with van der Waals surface area (Å²) in [6, 6.07) is 6.73. The number of hydrogen-bond acceptors (Lipinski definition) is 3. The van der Waals surface area contributed by atoms with Crippen molar-refractivity contribution in [2.75, 3.05) is 0 Å². The number of carbonyl (C=O) groups is 1. The van der Waals surface area contributed by atoms with Crippen molar-refractivity contribution in [1.82, 2.24) is 9.88 Å². The van der Waals surface area contributed by atoms with Gasteiger partial charge in [0.1, 0.15) is 12.3 Å². The lowest BCUT2D eigenvalue weighted by Gasteiger charge is -2.16. The molecule has 0 saturated carbocycles. The second kappa shape index (κ2) is 7.46. The highest BCUT2D eigenvalue weighted by molar-refractivity contribution is 5.76. The normalized spacial score (nSPS) is 14.5. The Morgan fingerprint density at radius 2 is 1.93 bits per heavy atom. The van der Waals surface area contributed by atoms with Gasteiger partial charge in [0.2, 0.25) is 5.91 Å². The number of aromatic nitrogens is 1. The van der Waals surface area contributed by atoms with Crippen LogP contribution in [0.1, 0.15) is 36.1 Å². The van der Waals surface area contributed by atoms with E-state index in [1.165, 1.54) is 28.8 Å². The second-order valence-electron chi connectivity index (χ2n) is 6.51. The quantitative estimate of drug-likeness (QED) is 0.867. The van der Waals surface area contributed by atoms with Gasteiger partial charge in [-0.2, -0.15) is 0 Å². The van der Waals surface area contributed by atoms with Crippen LogP contribution in [0.15, 0.2) is 41.3 Å². The number of amides is 1. The van der Waals surface area contributed by atoms with E-state index in [1.807, 2.05) is 6.07 Å². The molecule has 1 N–H and O–H groups in total. The van der Waals surface area contributed by atoms with Gasteiger partial charge in [-0.15, -0.1) is 13.2 Å². The molecule has 0 spiro atoms. The third-order valence-corrected chi connectivity index (χ3v) is 4.54. The van der Waals surface area contributed by atoms with E-state index in [9.17, 15) is 22.8 Å². The van der Waals surface area contributed by atoms with E-state index >= 15 is 0 Å². The van der Waals surface area contributed by atoms with Gasteiger partial charge in [-0.25, -0.2) is 0 Å². The highest BCUT2D eigenvalue weighted by Crippen LogP contribution is 2.24. The molecule has 1 aliphatic rings. The van der Waals surface area contributed by atoms with Gasteiger partial charge < -0.3 is 14.6 Å². The van der Waals surface area contributed by atoms with Crippen LogP contribution in [0.5, 0.6) is 5.75 Å². The molecule has 1 amide bonds. The summed E-state index contributed by atoms with van der Waals surface area (Å²) in [5.41, 5.74) is 2.31. The van der Waals surface area contributed by atoms with Crippen LogP contribution in [0.2, 0.25) is 0 Å². The van der Waals surface area contributed by atoms with E-state index in [1.54, 1.807) is 13.1 Å². The van der Waals surface area contributed by atoms with E-state index in [-0.39, 0.29) is 23.8 Å². The number of nitrogens with zero attached hydrogens (tertiary/aromatic N) is 1. The van der Waals surface area contributed by atoms with Gasteiger partial charge in [0.05, 0.1) is 6.04 Å². The number of rotatable bonds is 5. The molecule has 1 aromatic heterocycles. The minimum atomic E-state index is -4.75. The number of pyridine rings is 1. The minimum Gasteiger partial charge on any atom is -0.406 e. The maximum absolute atomic E-state index is 12.4. The lowest BCUT2D eigenvalue weighted by atomic mass is 10.1. The Hall–Kier alpha value is -2.77. The molecular weight excluding hydrogens is 361 g/mol. The Labute approximate surface area is 153 Å². The van der Waals surface area contributed by atoms with Gasteiger partial charge in [-0.05, 0) is 55.5 Å². The summed E-state index contributed by atoms with van der Waals surface area (Å²) in [5.74, 6) is -0.673. The smallest absolute Gasteiger partial charge is 0.406 e. The summed E-state index contributed by atoms with van der Waals surface area (Å²) in [6.45, 7) is 1.61. The third kappa shape index (κ3) is 4.69. The molecule has 27 heavy (non-hydrogen) atoms. The number of alkyl halides is 3. The van der Waals surface area contributed by atoms with Crippen molar-refractivity contribution < 1.29 is 22.7 Å². The number of carbonyl (C=O) groups excluding carboxylic acids is 1. The molecule has 0 radical (unpaired) electrons. The molecule has 0 unspecified atom stereocenters. The highest BCUT2D eigenvalue weighted by atomic mass is 19.4. The van der Waals surface area contributed by atoms with Crippen LogP contribution >= 0.6 is 0 Å². The molecule has 0 bridgehead atoms. The molecule has 144 valence electrons. The van der Waals surface area contributed by atoms with E-state index in [2.05, 4.69) is 10.1 Å². The topological polar surface area (TPSA) is 60.3 Å². The maximum atomic E-state index is 12.4. The molecule has 1 aliphatic carbocycles. The molecule has 0 saturated heterocycles. The van der Waals surface area contributed by atoms with Crippen LogP contribution in [0.4, 0.5) is 13.2 Å². The van der Waals surface area contributed by atoms with Crippen LogP contribution in [-0.4, -0.2) is 16.8 Å². The number of nitrogens with one attached hydrogen (secondary N) is 1. The molecule has 1 heterocycles. The summed E-state index contributed by atoms with van der Waals surface area (Å²) >= 11 is 0. The summed E-state index contributed by atoms with van der Waals surface area (Å²) in [6.07, 6.45) is -0.543. The van der Waals surface area contributed by atoms with Crippen molar-refractivity contribution in [3.63, 3.8) is 0 Å². The lowest BCUT2D eigenvalue weighted by molar-refractivity contribution is -0.274. The van der Waals surface area contributed by atoms with Crippen molar-refractivity contribution >= 4 is 5.91 Å². The zero-order valence-electron chi connectivity index (χ0n) is 14.7. The largest absolute Gasteiger partial charge is 0.573 e. The molecule has 0 fully saturated rings. The third-order valence-electron chi connectivity index (χ3n) is 4.54. The molecule has 1 atom stereocenters. The Kier molecular flexibility index (Phi) is 5.25. The first-order valence-corrected chi connectivity index (χ1v) is 8.59. The van der Waals surface area contributed by atoms with Crippen molar-refractivity contribution in [2.24, 2.45) is 0 Å². The maximum Gasteiger partial charge on any atom is 0.573 e. The Bertz CT molecular complexity index is 889. The van der Waals surface area contributed by atoms with Crippen molar-refractivity contribution in [3.8, 4) is 5.75 Å². The number of benzene rings is 1. The average molecular weight is 380 g/mol. The number of ether oxygens (including phenoxy) is 1. The fourth-order valence-electron chi connectivity index (χ4n) is 3.22. The van der Waals surface area contributed by atoms with Gasteiger partial charge in [-0.3, -0.25) is 9.59 Å². The van der Waals surface area contributed by atoms with Crippen LogP contribution < -0.4 is 15.6 Å². The predicted molar refractivity (Wildman–Crippen MR) is 92.4 cm³/mol. The Morgan fingerprint density at radius 1 is 1.22 bits per heavy atom. The average Bonchev–Trinajstić information content (AvgIpc) is 3.06. The summed E-state index contributed by atoms with van der Waals surface area (Å²) in [7, 11) is 0. The molecule has 1 aromatic carbocycles. The van der Waals surface area contributed by atoms with E-state index in [4.69, 9.17) is 0 Å². The molecule has 2 aromatic rings. The Morgan fingerprint density at radius 3 is 2.59 bits per heavy atom. The van der Waals surface area contributed by atoms with Gasteiger partial charge in [0.25, 0.3) is 5.56 Å². The SMILES string of the molecule is C[C@H](NC(=O)Cn1ccc2c(c1=O)CCC2)c1ccc(OC(F)(F)F)cc1. The van der Waals surface area contributed by atoms with E-state index in [0.29, 0.717) is 5.56 Å². The Balaban J connectivity index is 1.62. The van der Waals surface area contributed by atoms with Crippen molar-refractivity contribution in [3.05, 3.63) is 63.6 Å². The summed E-state index contributed by atoms with van der Waals surface area (Å²) in [4.78, 5) is 24.6. The van der Waals surface area contributed by atoms with Crippen molar-refractivity contribution in [1.29, 1.82) is 0 Å². The molecule has 5 nitrogen and oxygen atoms in total. The molecular formula is C19H19F3N2O3. The van der Waals surface area contributed by atoms with Crippen molar-refractivity contribution in [2.45, 2.75) is 45.1 Å². The highest BCUT2D eigenvalue weighted by Gasteiger charge is 2.31. The van der Waals surface area contributed by atoms with Gasteiger partial charge in [-0.1, -0.05) is 12.1 Å². The molecule has 3 rings (SSSR count). The molecule has 0 aliphatic heterocycles. The van der Waals surface area contributed by atoms with Crippen LogP contribution in [0.3, 0.4) is 0 Å². The number of halogens is 3. The van der Waals surface area contributed by atoms with Crippen LogP contribution in [-0.2, 0) is 24.2 Å². The zero-order valence-corrected chi connectivity index (χ0v) is 14.7. The lowest BCUT2D eigenvalue weighted by Crippen LogP contribution is -2.34. The first kappa shape index (κ1) is 19.0. The second-order valence-corrected chi connectivity index (χ2v) is 6.51. The number of hydrogen-bond donors (Lipinski definition) is 1. The van der Waals surface area contributed by atoms with Gasteiger partial charge in [0, 0.05) is 11.8 Å². The van der Waals surface area contributed by atoms with E-state index in [0.717, 1.165) is 30.4 Å². The fraction of sp³-hybridized carbons (Fsp3) is 0.368. The monoisotopic (exact) mass is 380 g/mol. The fourth-order valence-corrected chi connectivity index (χ4v) is 3.22. The minimum absolute atomic E-state index is 0.105. The van der Waals surface area contributed by atoms with Crippen LogP contribution in [0.25, 0.3) is 0 Å². The zero-order chi connectivity index (χ0) is 19.6. The summed E-state index contributed by atoms with van der Waals surface area (Å²) in [5, 5.41) is 2.75. The number of aryl methyl sites for hydroxylation is 1. The summed E-state index contributed by atoms with van der Waals surface area (Å²) < 4.78 is 41.8. The first-order chi connectivity index (χ1) is 12.7. The predicted octanol–water partition coefficient (Wildman–Crippen LogP) is 3.11. The van der Waals surface area contributed by atoms with Crippen LogP contribution in [0, 0.1) is 0 Å². The first-order valence-electron chi connectivity index (χ1n) is 8.59. The molecule has 8 heteroatoms. The van der Waals surface area contributed by atoms with Gasteiger partial charge in [0.15, 0.2) is 0 Å². The van der Waals surface area contributed by atoms with E-state index < -0.39 is 12.4 Å².